The number of likely N-dealkylation sites (tertiary alicyclic amines) is 1. The van der Waals surface area contributed by atoms with E-state index in [0.717, 1.165) is 37.0 Å². The van der Waals surface area contributed by atoms with Gasteiger partial charge in [-0.25, -0.2) is 4.98 Å². The Labute approximate surface area is 146 Å². The summed E-state index contributed by atoms with van der Waals surface area (Å²) < 4.78 is 5.66. The summed E-state index contributed by atoms with van der Waals surface area (Å²) >= 11 is 0. The third-order valence-electron chi connectivity index (χ3n) is 4.46. The van der Waals surface area contributed by atoms with Crippen molar-refractivity contribution in [1.29, 1.82) is 0 Å². The number of benzene rings is 1. The molecule has 1 fully saturated rings. The highest BCUT2D eigenvalue weighted by Crippen LogP contribution is 2.16. The SMILES string of the molecule is NC(=O)CN1CCC(NC(=O)CCCc2nc3ccccc3o2)CC1. The van der Waals surface area contributed by atoms with Gasteiger partial charge in [0, 0.05) is 32.0 Å². The molecular formula is C18H24N4O3. The Bertz CT molecular complexity index is 702. The number of carbonyl (C=O) groups excluding carboxylic acids is 2. The molecule has 25 heavy (non-hydrogen) atoms. The van der Waals surface area contributed by atoms with Crippen LogP contribution in [0, 0.1) is 0 Å². The number of rotatable bonds is 7. The monoisotopic (exact) mass is 344 g/mol. The predicted octanol–water partition coefficient (Wildman–Crippen LogP) is 1.22. The van der Waals surface area contributed by atoms with Gasteiger partial charge in [-0.15, -0.1) is 0 Å². The number of aryl methyl sites for hydroxylation is 1. The van der Waals surface area contributed by atoms with Gasteiger partial charge in [0.15, 0.2) is 11.5 Å². The van der Waals surface area contributed by atoms with Crippen LogP contribution in [0.4, 0.5) is 0 Å². The number of amides is 2. The van der Waals surface area contributed by atoms with Crippen molar-refractivity contribution in [2.45, 2.75) is 38.1 Å². The van der Waals surface area contributed by atoms with Gasteiger partial charge >= 0.3 is 0 Å². The molecule has 3 rings (SSSR count). The van der Waals surface area contributed by atoms with Crippen LogP contribution >= 0.6 is 0 Å². The predicted molar refractivity (Wildman–Crippen MR) is 93.7 cm³/mol. The van der Waals surface area contributed by atoms with Crippen molar-refractivity contribution >= 4 is 22.9 Å². The summed E-state index contributed by atoms with van der Waals surface area (Å²) in [6.07, 6.45) is 3.52. The number of hydrogen-bond acceptors (Lipinski definition) is 5. The molecule has 2 heterocycles. The Morgan fingerprint density at radius 2 is 2.04 bits per heavy atom. The molecule has 3 N–H and O–H groups in total. The second-order valence-corrected chi connectivity index (χ2v) is 6.51. The van der Waals surface area contributed by atoms with Crippen molar-refractivity contribution in [3.63, 3.8) is 0 Å². The largest absolute Gasteiger partial charge is 0.441 e. The zero-order valence-electron chi connectivity index (χ0n) is 14.2. The number of nitrogens with one attached hydrogen (secondary N) is 1. The average Bonchev–Trinajstić information content (AvgIpc) is 2.99. The van der Waals surface area contributed by atoms with E-state index in [2.05, 4.69) is 10.3 Å². The number of oxazole rings is 1. The molecule has 7 nitrogen and oxygen atoms in total. The van der Waals surface area contributed by atoms with Crippen molar-refractivity contribution < 1.29 is 14.0 Å². The summed E-state index contributed by atoms with van der Waals surface area (Å²) in [5, 5.41) is 3.07. The zero-order chi connectivity index (χ0) is 17.6. The van der Waals surface area contributed by atoms with Crippen molar-refractivity contribution in [2.24, 2.45) is 5.73 Å². The zero-order valence-corrected chi connectivity index (χ0v) is 14.2. The van der Waals surface area contributed by atoms with Crippen molar-refractivity contribution in [2.75, 3.05) is 19.6 Å². The van der Waals surface area contributed by atoms with Gasteiger partial charge in [-0.3, -0.25) is 14.5 Å². The van der Waals surface area contributed by atoms with Crippen molar-refractivity contribution in [3.05, 3.63) is 30.2 Å². The van der Waals surface area contributed by atoms with Crippen LogP contribution in [0.2, 0.25) is 0 Å². The number of aromatic nitrogens is 1. The number of nitrogens with zero attached hydrogens (tertiary/aromatic N) is 2. The first-order valence-corrected chi connectivity index (χ1v) is 8.74. The van der Waals surface area contributed by atoms with Gasteiger partial charge in [-0.05, 0) is 31.4 Å². The first-order valence-electron chi connectivity index (χ1n) is 8.74. The Hall–Kier alpha value is -2.41. The molecule has 1 aromatic carbocycles. The van der Waals surface area contributed by atoms with Crippen LogP contribution in [0.25, 0.3) is 11.1 Å². The smallest absolute Gasteiger partial charge is 0.231 e. The Morgan fingerprint density at radius 3 is 2.76 bits per heavy atom. The summed E-state index contributed by atoms with van der Waals surface area (Å²) in [4.78, 5) is 29.4. The summed E-state index contributed by atoms with van der Waals surface area (Å²) in [6.45, 7) is 1.87. The van der Waals surface area contributed by atoms with Crippen LogP contribution in [-0.2, 0) is 16.0 Å². The Morgan fingerprint density at radius 1 is 1.28 bits per heavy atom. The van der Waals surface area contributed by atoms with E-state index in [1.165, 1.54) is 0 Å². The van der Waals surface area contributed by atoms with Gasteiger partial charge in [-0.1, -0.05) is 12.1 Å². The molecule has 2 amide bonds. The molecule has 1 aliphatic rings. The highest BCUT2D eigenvalue weighted by Gasteiger charge is 2.21. The Kier molecular flexibility index (Phi) is 5.65. The molecule has 0 spiro atoms. The van der Waals surface area contributed by atoms with Crippen LogP contribution in [0.3, 0.4) is 0 Å². The third-order valence-corrected chi connectivity index (χ3v) is 4.46. The van der Waals surface area contributed by atoms with E-state index in [-0.39, 0.29) is 17.9 Å². The normalized spacial score (nSPS) is 16.2. The van der Waals surface area contributed by atoms with Crippen LogP contribution in [0.1, 0.15) is 31.6 Å². The van der Waals surface area contributed by atoms with E-state index in [1.54, 1.807) is 0 Å². The van der Waals surface area contributed by atoms with Crippen molar-refractivity contribution in [1.82, 2.24) is 15.2 Å². The first-order chi connectivity index (χ1) is 12.1. The highest BCUT2D eigenvalue weighted by molar-refractivity contribution is 5.76. The van der Waals surface area contributed by atoms with E-state index in [4.69, 9.17) is 10.2 Å². The van der Waals surface area contributed by atoms with Crippen LogP contribution in [0.5, 0.6) is 0 Å². The second-order valence-electron chi connectivity index (χ2n) is 6.51. The van der Waals surface area contributed by atoms with Gasteiger partial charge in [-0.2, -0.15) is 0 Å². The average molecular weight is 344 g/mol. The lowest BCUT2D eigenvalue weighted by Gasteiger charge is -2.31. The molecule has 1 aromatic heterocycles. The van der Waals surface area contributed by atoms with E-state index >= 15 is 0 Å². The quantitative estimate of drug-likeness (QED) is 0.786. The Balaban J connectivity index is 1.36. The van der Waals surface area contributed by atoms with Gasteiger partial charge < -0.3 is 15.5 Å². The topological polar surface area (TPSA) is 101 Å². The van der Waals surface area contributed by atoms with Gasteiger partial charge in [0.1, 0.15) is 5.52 Å². The fourth-order valence-corrected chi connectivity index (χ4v) is 3.18. The van der Waals surface area contributed by atoms with E-state index in [1.807, 2.05) is 29.2 Å². The number of hydrogen-bond donors (Lipinski definition) is 2. The molecule has 134 valence electrons. The number of para-hydroxylation sites is 2. The minimum Gasteiger partial charge on any atom is -0.441 e. The maximum Gasteiger partial charge on any atom is 0.231 e. The third kappa shape index (κ3) is 5.03. The maximum absolute atomic E-state index is 12.1. The molecule has 0 unspecified atom stereocenters. The molecule has 0 bridgehead atoms. The molecule has 0 saturated carbocycles. The first kappa shape index (κ1) is 17.4. The minimum absolute atomic E-state index is 0.0597. The minimum atomic E-state index is -0.304. The molecule has 0 aliphatic carbocycles. The summed E-state index contributed by atoms with van der Waals surface area (Å²) in [5.41, 5.74) is 6.84. The molecule has 0 radical (unpaired) electrons. The van der Waals surface area contributed by atoms with E-state index in [9.17, 15) is 9.59 Å². The maximum atomic E-state index is 12.1. The van der Waals surface area contributed by atoms with Crippen LogP contribution < -0.4 is 11.1 Å². The molecular weight excluding hydrogens is 320 g/mol. The van der Waals surface area contributed by atoms with Gasteiger partial charge in [0.05, 0.1) is 6.54 Å². The lowest BCUT2D eigenvalue weighted by atomic mass is 10.0. The lowest BCUT2D eigenvalue weighted by Crippen LogP contribution is -2.46. The van der Waals surface area contributed by atoms with Crippen LogP contribution in [0.15, 0.2) is 28.7 Å². The molecule has 1 saturated heterocycles. The molecule has 2 aromatic rings. The molecule has 7 heteroatoms. The number of fused-ring (bicyclic) bond motifs is 1. The lowest BCUT2D eigenvalue weighted by molar-refractivity contribution is -0.123. The number of piperidine rings is 1. The standard InChI is InChI=1S/C18H24N4O3/c19-16(23)12-22-10-8-13(9-11-22)20-17(24)6-3-7-18-21-14-4-1-2-5-15(14)25-18/h1-2,4-5,13H,3,6-12H2,(H2,19,23)(H,20,24). The van der Waals surface area contributed by atoms with E-state index in [0.29, 0.717) is 31.7 Å². The fraction of sp³-hybridized carbons (Fsp3) is 0.500. The fourth-order valence-electron chi connectivity index (χ4n) is 3.18. The number of primary amides is 1. The number of carbonyl (C=O) groups is 2. The highest BCUT2D eigenvalue weighted by atomic mass is 16.3. The summed E-state index contributed by atoms with van der Waals surface area (Å²) in [5.74, 6) is 0.430. The summed E-state index contributed by atoms with van der Waals surface area (Å²) in [6, 6.07) is 7.83. The van der Waals surface area contributed by atoms with Gasteiger partial charge in [0.25, 0.3) is 0 Å². The van der Waals surface area contributed by atoms with E-state index < -0.39 is 0 Å². The van der Waals surface area contributed by atoms with Crippen molar-refractivity contribution in [3.8, 4) is 0 Å². The molecule has 1 aliphatic heterocycles. The molecule has 0 atom stereocenters. The summed E-state index contributed by atoms with van der Waals surface area (Å²) in [7, 11) is 0. The van der Waals surface area contributed by atoms with Gasteiger partial charge in [0.2, 0.25) is 11.8 Å². The van der Waals surface area contributed by atoms with Crippen LogP contribution in [-0.4, -0.2) is 47.4 Å². The second kappa shape index (κ2) is 8.11. The number of nitrogens with two attached hydrogens (primary N) is 1.